The summed E-state index contributed by atoms with van der Waals surface area (Å²) in [5.41, 5.74) is 0. The first-order chi connectivity index (χ1) is 6.29. The van der Waals surface area contributed by atoms with Gasteiger partial charge in [0.2, 0.25) is 0 Å². The average molecular weight is 243 g/mol. The second-order valence-corrected chi connectivity index (χ2v) is 3.16. The minimum Gasteiger partial charge on any atom is -0.456 e. The summed E-state index contributed by atoms with van der Waals surface area (Å²) in [6.45, 7) is 2.02. The van der Waals surface area contributed by atoms with Gasteiger partial charge >= 0.3 is 0 Å². The summed E-state index contributed by atoms with van der Waals surface area (Å²) in [5, 5.41) is 7.44. The van der Waals surface area contributed by atoms with Gasteiger partial charge in [0, 0.05) is 22.4 Å². The van der Waals surface area contributed by atoms with Crippen molar-refractivity contribution in [2.45, 2.75) is 13.3 Å². The third kappa shape index (κ3) is 1.65. The standard InChI is InChI=1S/C8H7BrN2O2/c1-2-5-3-4-6(12-5)7-10-11-8(9)13-7/h3-4H,2H2,1H3. The number of aryl methyl sites for hydroxylation is 1. The predicted octanol–water partition coefficient (Wildman–Crippen LogP) is 2.65. The fraction of sp³-hybridized carbons (Fsp3) is 0.250. The molecule has 0 fully saturated rings. The van der Waals surface area contributed by atoms with Gasteiger partial charge in [0.15, 0.2) is 5.76 Å². The van der Waals surface area contributed by atoms with Crippen LogP contribution in [0.15, 0.2) is 25.8 Å². The van der Waals surface area contributed by atoms with Crippen LogP contribution >= 0.6 is 15.9 Å². The Morgan fingerprint density at radius 1 is 1.31 bits per heavy atom. The van der Waals surface area contributed by atoms with Gasteiger partial charge in [-0.3, -0.25) is 0 Å². The van der Waals surface area contributed by atoms with Crippen molar-refractivity contribution in [2.75, 3.05) is 0 Å². The third-order valence-corrected chi connectivity index (χ3v) is 1.94. The lowest BCUT2D eigenvalue weighted by molar-refractivity contribution is 0.481. The molecule has 2 heterocycles. The van der Waals surface area contributed by atoms with Crippen LogP contribution in [0.5, 0.6) is 0 Å². The number of hydrogen-bond donors (Lipinski definition) is 0. The average Bonchev–Trinajstić information content (AvgIpc) is 2.71. The van der Waals surface area contributed by atoms with Crippen LogP contribution in [0.1, 0.15) is 12.7 Å². The van der Waals surface area contributed by atoms with Crippen molar-refractivity contribution in [3.8, 4) is 11.7 Å². The Morgan fingerprint density at radius 3 is 2.69 bits per heavy atom. The fourth-order valence-corrected chi connectivity index (χ4v) is 1.22. The molecule has 0 saturated heterocycles. The van der Waals surface area contributed by atoms with Crippen molar-refractivity contribution in [3.05, 3.63) is 22.7 Å². The molecule has 0 radical (unpaired) electrons. The van der Waals surface area contributed by atoms with E-state index in [1.807, 2.05) is 19.1 Å². The third-order valence-electron chi connectivity index (χ3n) is 1.62. The van der Waals surface area contributed by atoms with Crippen LogP contribution in [0.4, 0.5) is 0 Å². The molecule has 0 spiro atoms. The molecule has 0 aliphatic heterocycles. The molecule has 0 atom stereocenters. The summed E-state index contributed by atoms with van der Waals surface area (Å²) >= 11 is 3.07. The van der Waals surface area contributed by atoms with E-state index in [1.165, 1.54) is 0 Å². The summed E-state index contributed by atoms with van der Waals surface area (Å²) in [6.07, 6.45) is 0.856. The first-order valence-electron chi connectivity index (χ1n) is 3.87. The van der Waals surface area contributed by atoms with Gasteiger partial charge < -0.3 is 8.83 Å². The molecule has 2 aromatic rings. The van der Waals surface area contributed by atoms with Crippen molar-refractivity contribution in [3.63, 3.8) is 0 Å². The molecule has 2 rings (SSSR count). The second-order valence-electron chi connectivity index (χ2n) is 2.48. The predicted molar refractivity (Wildman–Crippen MR) is 49.1 cm³/mol. The zero-order valence-electron chi connectivity index (χ0n) is 6.95. The van der Waals surface area contributed by atoms with Gasteiger partial charge in [0.05, 0.1) is 0 Å². The highest BCUT2D eigenvalue weighted by Crippen LogP contribution is 2.22. The molecule has 0 bridgehead atoms. The molecular formula is C8H7BrN2O2. The zero-order valence-corrected chi connectivity index (χ0v) is 8.54. The van der Waals surface area contributed by atoms with Gasteiger partial charge in [-0.05, 0) is 12.1 Å². The molecule has 0 saturated carbocycles. The smallest absolute Gasteiger partial charge is 0.285 e. The number of furan rings is 1. The van der Waals surface area contributed by atoms with Crippen LogP contribution in [0.25, 0.3) is 11.7 Å². The Labute approximate surface area is 83.1 Å². The van der Waals surface area contributed by atoms with E-state index >= 15 is 0 Å². The maximum absolute atomic E-state index is 5.42. The summed E-state index contributed by atoms with van der Waals surface area (Å²) in [4.78, 5) is 0.358. The number of nitrogens with zero attached hydrogens (tertiary/aromatic N) is 2. The normalized spacial score (nSPS) is 10.6. The molecule has 0 N–H and O–H groups in total. The largest absolute Gasteiger partial charge is 0.456 e. The lowest BCUT2D eigenvalue weighted by atomic mass is 10.3. The van der Waals surface area contributed by atoms with Gasteiger partial charge in [0.25, 0.3) is 10.7 Å². The van der Waals surface area contributed by atoms with Gasteiger partial charge in [-0.25, -0.2) is 0 Å². The fourth-order valence-electron chi connectivity index (χ4n) is 0.988. The van der Waals surface area contributed by atoms with E-state index in [1.54, 1.807) is 0 Å². The Bertz CT molecular complexity index is 408. The van der Waals surface area contributed by atoms with E-state index in [4.69, 9.17) is 8.83 Å². The molecule has 0 amide bonds. The van der Waals surface area contributed by atoms with E-state index in [2.05, 4.69) is 26.1 Å². The number of hydrogen-bond acceptors (Lipinski definition) is 4. The molecule has 68 valence electrons. The molecule has 5 heteroatoms. The number of aromatic nitrogens is 2. The van der Waals surface area contributed by atoms with E-state index in [0.29, 0.717) is 16.5 Å². The summed E-state index contributed by atoms with van der Waals surface area (Å²) < 4.78 is 10.5. The van der Waals surface area contributed by atoms with Crippen LogP contribution in [0, 0.1) is 0 Å². The Kier molecular flexibility index (Phi) is 2.18. The topological polar surface area (TPSA) is 52.1 Å². The van der Waals surface area contributed by atoms with Crippen molar-refractivity contribution in [2.24, 2.45) is 0 Å². The SMILES string of the molecule is CCc1ccc(-c2nnc(Br)o2)o1. The molecule has 0 aliphatic carbocycles. The first-order valence-corrected chi connectivity index (χ1v) is 4.67. The minimum absolute atomic E-state index is 0.358. The maximum atomic E-state index is 5.42. The minimum atomic E-state index is 0.358. The van der Waals surface area contributed by atoms with E-state index < -0.39 is 0 Å². The van der Waals surface area contributed by atoms with E-state index in [0.717, 1.165) is 12.2 Å². The highest BCUT2D eigenvalue weighted by molar-refractivity contribution is 9.10. The lowest BCUT2D eigenvalue weighted by Crippen LogP contribution is -1.73. The lowest BCUT2D eigenvalue weighted by Gasteiger charge is -1.87. The molecule has 0 aromatic carbocycles. The Morgan fingerprint density at radius 2 is 2.15 bits per heavy atom. The molecule has 13 heavy (non-hydrogen) atoms. The van der Waals surface area contributed by atoms with Gasteiger partial charge in [-0.1, -0.05) is 6.92 Å². The van der Waals surface area contributed by atoms with Crippen LogP contribution in [0.3, 0.4) is 0 Å². The van der Waals surface area contributed by atoms with Gasteiger partial charge in [-0.15, -0.1) is 10.2 Å². The summed E-state index contributed by atoms with van der Waals surface area (Å²) in [7, 11) is 0. The van der Waals surface area contributed by atoms with Crippen LogP contribution in [-0.2, 0) is 6.42 Å². The van der Waals surface area contributed by atoms with Gasteiger partial charge in [0.1, 0.15) is 5.76 Å². The number of rotatable bonds is 2. The van der Waals surface area contributed by atoms with Gasteiger partial charge in [-0.2, -0.15) is 0 Å². The van der Waals surface area contributed by atoms with Crippen LogP contribution < -0.4 is 0 Å². The summed E-state index contributed by atoms with van der Waals surface area (Å²) in [6, 6.07) is 3.71. The molecule has 0 unspecified atom stereocenters. The van der Waals surface area contributed by atoms with Crippen LogP contribution in [0.2, 0.25) is 0 Å². The second kappa shape index (κ2) is 3.33. The molecule has 2 aromatic heterocycles. The quantitative estimate of drug-likeness (QED) is 0.813. The zero-order chi connectivity index (χ0) is 9.26. The Hall–Kier alpha value is -1.10. The van der Waals surface area contributed by atoms with Crippen molar-refractivity contribution >= 4 is 15.9 Å². The number of halogens is 1. The monoisotopic (exact) mass is 242 g/mol. The Balaban J connectivity index is 2.35. The molecular weight excluding hydrogens is 236 g/mol. The highest BCUT2D eigenvalue weighted by Gasteiger charge is 2.10. The molecule has 0 aliphatic rings. The highest BCUT2D eigenvalue weighted by atomic mass is 79.9. The first kappa shape index (κ1) is 8.50. The molecule has 4 nitrogen and oxygen atoms in total. The van der Waals surface area contributed by atoms with E-state index in [-0.39, 0.29) is 0 Å². The summed E-state index contributed by atoms with van der Waals surface area (Å²) in [5.74, 6) is 1.91. The maximum Gasteiger partial charge on any atom is 0.285 e. The van der Waals surface area contributed by atoms with Crippen LogP contribution in [-0.4, -0.2) is 10.2 Å². The van der Waals surface area contributed by atoms with E-state index in [9.17, 15) is 0 Å². The van der Waals surface area contributed by atoms with Crippen molar-refractivity contribution < 1.29 is 8.83 Å². The van der Waals surface area contributed by atoms with Crippen molar-refractivity contribution in [1.29, 1.82) is 0 Å². The van der Waals surface area contributed by atoms with Crippen molar-refractivity contribution in [1.82, 2.24) is 10.2 Å².